The number of rotatable bonds is 14. The van der Waals surface area contributed by atoms with E-state index in [9.17, 15) is 5.11 Å². The zero-order valence-corrected chi connectivity index (χ0v) is 17.7. The third kappa shape index (κ3) is 9.39. The fraction of sp³-hybridized carbons (Fsp3) is 1.00. The van der Waals surface area contributed by atoms with E-state index >= 15 is 0 Å². The fourth-order valence-electron chi connectivity index (χ4n) is 3.07. The molecule has 0 aliphatic rings. The lowest BCUT2D eigenvalue weighted by atomic mass is 9.83. The molecule has 0 bridgehead atoms. The Balaban J connectivity index is 4.39. The number of ether oxygens (including phenoxy) is 2. The lowest BCUT2D eigenvalue weighted by Crippen LogP contribution is -2.37. The standard InChI is InChI=1S/C21H44O3/c1-9-11-19(12-10-2)21(7,8)23-14-13-20(5,6)24-16-18(15-22)17(3)4/h17-19,22H,9-16H2,1-8H3. The van der Waals surface area contributed by atoms with Gasteiger partial charge in [0.25, 0.3) is 0 Å². The SMILES string of the molecule is CCCC(CCC)C(C)(C)OCCC(C)(C)OCC(CO)C(C)C. The van der Waals surface area contributed by atoms with Crippen LogP contribution in [0.5, 0.6) is 0 Å². The minimum absolute atomic E-state index is 0.0757. The summed E-state index contributed by atoms with van der Waals surface area (Å²) < 4.78 is 12.4. The molecule has 3 heteroatoms. The highest BCUT2D eigenvalue weighted by molar-refractivity contribution is 4.80. The third-order valence-corrected chi connectivity index (χ3v) is 5.30. The van der Waals surface area contributed by atoms with E-state index in [4.69, 9.17) is 9.47 Å². The number of hydrogen-bond acceptors (Lipinski definition) is 3. The third-order valence-electron chi connectivity index (χ3n) is 5.30. The number of aliphatic hydroxyl groups excluding tert-OH is 1. The molecule has 0 spiro atoms. The molecule has 0 fully saturated rings. The second-order valence-electron chi connectivity index (χ2n) is 8.73. The van der Waals surface area contributed by atoms with Gasteiger partial charge in [-0.25, -0.2) is 0 Å². The molecule has 146 valence electrons. The molecule has 0 saturated heterocycles. The maximum absolute atomic E-state index is 9.43. The summed E-state index contributed by atoms with van der Waals surface area (Å²) in [7, 11) is 0. The Morgan fingerprint density at radius 1 is 0.917 bits per heavy atom. The molecule has 0 radical (unpaired) electrons. The Bertz CT molecular complexity index is 304. The van der Waals surface area contributed by atoms with Crippen LogP contribution in [0.1, 0.15) is 87.5 Å². The molecular formula is C21H44O3. The molecule has 0 aliphatic carbocycles. The molecule has 0 aromatic rings. The summed E-state index contributed by atoms with van der Waals surface area (Å²) in [5, 5.41) is 9.43. The Morgan fingerprint density at radius 3 is 1.88 bits per heavy atom. The van der Waals surface area contributed by atoms with Crippen LogP contribution in [0, 0.1) is 17.8 Å². The largest absolute Gasteiger partial charge is 0.396 e. The van der Waals surface area contributed by atoms with Gasteiger partial charge in [0.15, 0.2) is 0 Å². The molecule has 3 nitrogen and oxygen atoms in total. The van der Waals surface area contributed by atoms with Crippen LogP contribution in [0.3, 0.4) is 0 Å². The molecule has 0 aliphatic heterocycles. The van der Waals surface area contributed by atoms with Gasteiger partial charge in [-0.2, -0.15) is 0 Å². The lowest BCUT2D eigenvalue weighted by Gasteiger charge is -2.36. The zero-order chi connectivity index (χ0) is 18.8. The summed E-state index contributed by atoms with van der Waals surface area (Å²) in [6.07, 6.45) is 5.76. The minimum atomic E-state index is -0.219. The van der Waals surface area contributed by atoms with E-state index in [1.165, 1.54) is 25.7 Å². The average molecular weight is 345 g/mol. The molecule has 0 aromatic heterocycles. The summed E-state index contributed by atoms with van der Waals surface area (Å²) in [5.74, 6) is 1.26. The topological polar surface area (TPSA) is 38.7 Å². The van der Waals surface area contributed by atoms with Crippen LogP contribution in [-0.4, -0.2) is 36.1 Å². The first kappa shape index (κ1) is 23.9. The van der Waals surface area contributed by atoms with Crippen molar-refractivity contribution in [3.8, 4) is 0 Å². The van der Waals surface area contributed by atoms with E-state index in [2.05, 4.69) is 55.4 Å². The lowest BCUT2D eigenvalue weighted by molar-refractivity contribution is -0.104. The summed E-state index contributed by atoms with van der Waals surface area (Å²) in [6, 6.07) is 0. The first-order valence-corrected chi connectivity index (χ1v) is 9.98. The van der Waals surface area contributed by atoms with Crippen LogP contribution in [0.4, 0.5) is 0 Å². The van der Waals surface area contributed by atoms with Gasteiger partial charge in [0.2, 0.25) is 0 Å². The van der Waals surface area contributed by atoms with Crippen molar-refractivity contribution >= 4 is 0 Å². The predicted molar refractivity (Wildman–Crippen MR) is 103 cm³/mol. The molecule has 0 aromatic carbocycles. The normalized spacial score (nSPS) is 14.6. The number of aliphatic hydroxyl groups is 1. The van der Waals surface area contributed by atoms with Gasteiger partial charge in [-0.1, -0.05) is 40.5 Å². The van der Waals surface area contributed by atoms with Crippen molar-refractivity contribution in [1.29, 1.82) is 0 Å². The van der Waals surface area contributed by atoms with E-state index in [1.54, 1.807) is 0 Å². The van der Waals surface area contributed by atoms with Gasteiger partial charge in [0.05, 0.1) is 24.4 Å². The monoisotopic (exact) mass is 344 g/mol. The highest BCUT2D eigenvalue weighted by Gasteiger charge is 2.30. The Kier molecular flexibility index (Phi) is 11.4. The maximum Gasteiger partial charge on any atom is 0.0654 e. The van der Waals surface area contributed by atoms with Crippen molar-refractivity contribution in [1.82, 2.24) is 0 Å². The van der Waals surface area contributed by atoms with E-state index in [0.29, 0.717) is 18.4 Å². The smallest absolute Gasteiger partial charge is 0.0654 e. The van der Waals surface area contributed by atoms with Crippen molar-refractivity contribution in [3.05, 3.63) is 0 Å². The zero-order valence-electron chi connectivity index (χ0n) is 17.7. The Morgan fingerprint density at radius 2 is 1.46 bits per heavy atom. The quantitative estimate of drug-likeness (QED) is 0.455. The van der Waals surface area contributed by atoms with Crippen molar-refractivity contribution < 1.29 is 14.6 Å². The Hall–Kier alpha value is -0.120. The molecule has 24 heavy (non-hydrogen) atoms. The summed E-state index contributed by atoms with van der Waals surface area (Å²) in [5.41, 5.74) is -0.295. The van der Waals surface area contributed by atoms with Crippen LogP contribution in [0.25, 0.3) is 0 Å². The van der Waals surface area contributed by atoms with Gasteiger partial charge < -0.3 is 14.6 Å². The van der Waals surface area contributed by atoms with Crippen molar-refractivity contribution in [3.63, 3.8) is 0 Å². The highest BCUT2D eigenvalue weighted by atomic mass is 16.5. The van der Waals surface area contributed by atoms with E-state index in [0.717, 1.165) is 13.0 Å². The van der Waals surface area contributed by atoms with Crippen LogP contribution in [0.15, 0.2) is 0 Å². The van der Waals surface area contributed by atoms with E-state index in [1.807, 2.05) is 0 Å². The van der Waals surface area contributed by atoms with Crippen LogP contribution < -0.4 is 0 Å². The summed E-state index contributed by atoms with van der Waals surface area (Å²) in [6.45, 7) is 19.0. The summed E-state index contributed by atoms with van der Waals surface area (Å²) in [4.78, 5) is 0. The van der Waals surface area contributed by atoms with Crippen LogP contribution in [-0.2, 0) is 9.47 Å². The molecule has 1 N–H and O–H groups in total. The van der Waals surface area contributed by atoms with Crippen LogP contribution in [0.2, 0.25) is 0 Å². The second kappa shape index (κ2) is 11.5. The van der Waals surface area contributed by atoms with Gasteiger partial charge in [0, 0.05) is 12.5 Å². The number of hydrogen-bond donors (Lipinski definition) is 1. The second-order valence-corrected chi connectivity index (χ2v) is 8.73. The minimum Gasteiger partial charge on any atom is -0.396 e. The van der Waals surface area contributed by atoms with Crippen molar-refractivity contribution in [2.45, 2.75) is 98.7 Å². The van der Waals surface area contributed by atoms with Gasteiger partial charge in [-0.3, -0.25) is 0 Å². The molecule has 0 amide bonds. The predicted octanol–water partition coefficient (Wildman–Crippen LogP) is 5.45. The Labute approximate surface area is 151 Å². The van der Waals surface area contributed by atoms with Crippen molar-refractivity contribution in [2.75, 3.05) is 19.8 Å². The van der Waals surface area contributed by atoms with Crippen LogP contribution >= 0.6 is 0 Å². The van der Waals surface area contributed by atoms with Gasteiger partial charge in [-0.15, -0.1) is 0 Å². The first-order valence-electron chi connectivity index (χ1n) is 9.98. The molecule has 1 unspecified atom stereocenters. The molecule has 1 atom stereocenters. The van der Waals surface area contributed by atoms with Gasteiger partial charge in [0.1, 0.15) is 0 Å². The molecular weight excluding hydrogens is 300 g/mol. The maximum atomic E-state index is 9.43. The summed E-state index contributed by atoms with van der Waals surface area (Å²) >= 11 is 0. The van der Waals surface area contributed by atoms with Crippen molar-refractivity contribution in [2.24, 2.45) is 17.8 Å². The molecule has 0 saturated carbocycles. The van der Waals surface area contributed by atoms with E-state index in [-0.39, 0.29) is 23.7 Å². The first-order chi connectivity index (χ1) is 11.1. The van der Waals surface area contributed by atoms with E-state index < -0.39 is 0 Å². The van der Waals surface area contributed by atoms with Gasteiger partial charge >= 0.3 is 0 Å². The molecule has 0 rings (SSSR count). The highest BCUT2D eigenvalue weighted by Crippen LogP contribution is 2.30. The fourth-order valence-corrected chi connectivity index (χ4v) is 3.07. The van der Waals surface area contributed by atoms with Gasteiger partial charge in [-0.05, 0) is 58.8 Å². The molecule has 0 heterocycles. The average Bonchev–Trinajstić information content (AvgIpc) is 2.46.